The first-order valence-corrected chi connectivity index (χ1v) is 9.48. The van der Waals surface area contributed by atoms with Crippen molar-refractivity contribution < 1.29 is 4.52 Å². The van der Waals surface area contributed by atoms with E-state index in [1.54, 1.807) is 19.3 Å². The maximum Gasteiger partial charge on any atom is 0.276 e. The van der Waals surface area contributed by atoms with Crippen LogP contribution in [0.15, 0.2) is 52.1 Å². The second-order valence-electron chi connectivity index (χ2n) is 6.02. The third-order valence-electron chi connectivity index (χ3n) is 4.01. The Morgan fingerprint density at radius 1 is 1.21 bits per heavy atom. The van der Waals surface area contributed by atoms with Crippen molar-refractivity contribution in [1.82, 2.24) is 25.8 Å². The van der Waals surface area contributed by atoms with Crippen molar-refractivity contribution in [2.45, 2.75) is 19.4 Å². The number of halogens is 3. The monoisotopic (exact) mass is 546 g/mol. The molecule has 0 radical (unpaired) electrons. The number of nitrogens with zero attached hydrogens (tertiary/aromatic N) is 4. The number of aliphatic imine (C=N–C) groups is 1. The van der Waals surface area contributed by atoms with E-state index in [0.717, 1.165) is 5.56 Å². The van der Waals surface area contributed by atoms with E-state index in [-0.39, 0.29) is 30.0 Å². The quantitative estimate of drug-likeness (QED) is 0.268. The molecular weight excluding hydrogens is 526 g/mol. The number of nitrogens with one attached hydrogen (secondary N) is 2. The number of hydrogen-bond donors (Lipinski definition) is 2. The topological polar surface area (TPSA) is 88.2 Å². The van der Waals surface area contributed by atoms with Crippen LogP contribution in [0, 0.1) is 0 Å². The lowest BCUT2D eigenvalue weighted by molar-refractivity contribution is 0.421. The normalized spacial score (nSPS) is 12.2. The molecule has 2 heterocycles. The molecule has 0 saturated heterocycles. The summed E-state index contributed by atoms with van der Waals surface area (Å²) in [5, 5.41) is 11.6. The van der Waals surface area contributed by atoms with Gasteiger partial charge in [-0.2, -0.15) is 4.98 Å². The van der Waals surface area contributed by atoms with E-state index in [4.69, 9.17) is 27.7 Å². The molecule has 29 heavy (non-hydrogen) atoms. The van der Waals surface area contributed by atoms with Gasteiger partial charge >= 0.3 is 0 Å². The van der Waals surface area contributed by atoms with Gasteiger partial charge in [-0.25, -0.2) is 0 Å². The molecule has 2 aromatic heterocycles. The van der Waals surface area contributed by atoms with Crippen LogP contribution in [0.3, 0.4) is 0 Å². The van der Waals surface area contributed by atoms with Crippen molar-refractivity contribution in [2.75, 3.05) is 13.6 Å². The third kappa shape index (κ3) is 6.55. The lowest BCUT2D eigenvalue weighted by atomic mass is 10.1. The molecule has 0 amide bonds. The third-order valence-corrected chi connectivity index (χ3v) is 4.75. The molecule has 154 valence electrons. The maximum absolute atomic E-state index is 6.09. The zero-order chi connectivity index (χ0) is 19.9. The molecule has 1 atom stereocenters. The second-order valence-corrected chi connectivity index (χ2v) is 6.83. The Kier molecular flexibility index (Phi) is 9.12. The van der Waals surface area contributed by atoms with Crippen LogP contribution in [0.1, 0.15) is 24.4 Å². The van der Waals surface area contributed by atoms with Crippen molar-refractivity contribution in [1.29, 1.82) is 0 Å². The Bertz CT molecular complexity index is 951. The molecule has 0 fully saturated rings. The minimum absolute atomic E-state index is 0. The van der Waals surface area contributed by atoms with Gasteiger partial charge in [-0.1, -0.05) is 40.5 Å². The van der Waals surface area contributed by atoms with Gasteiger partial charge in [0.1, 0.15) is 5.69 Å². The fourth-order valence-electron chi connectivity index (χ4n) is 2.51. The molecule has 0 aliphatic carbocycles. The second kappa shape index (κ2) is 11.3. The van der Waals surface area contributed by atoms with Gasteiger partial charge in [-0.3, -0.25) is 9.98 Å². The smallest absolute Gasteiger partial charge is 0.276 e. The van der Waals surface area contributed by atoms with Crippen molar-refractivity contribution in [2.24, 2.45) is 4.99 Å². The van der Waals surface area contributed by atoms with Crippen molar-refractivity contribution >= 4 is 53.1 Å². The fraction of sp³-hybridized carbons (Fsp3) is 0.263. The molecule has 0 bridgehead atoms. The standard InChI is InChI=1S/C19H20Cl2N6O.HI/c1-12(13-6-7-14(20)15(21)11-13)25-19(22-2)24-10-8-17-26-18(28-27-17)16-5-3-4-9-23-16;/h3-7,9,11-12H,8,10H2,1-2H3,(H2,22,24,25);1H. The summed E-state index contributed by atoms with van der Waals surface area (Å²) in [6, 6.07) is 11.1. The predicted octanol–water partition coefficient (Wildman–Crippen LogP) is 4.53. The SMILES string of the molecule is CN=C(NCCc1noc(-c2ccccn2)n1)NC(C)c1ccc(Cl)c(Cl)c1.I. The Morgan fingerprint density at radius 3 is 2.72 bits per heavy atom. The lowest BCUT2D eigenvalue weighted by Crippen LogP contribution is -2.39. The molecule has 0 aliphatic rings. The molecule has 0 saturated carbocycles. The van der Waals surface area contributed by atoms with Crippen LogP contribution in [-0.2, 0) is 6.42 Å². The lowest BCUT2D eigenvalue weighted by Gasteiger charge is -2.18. The number of aromatic nitrogens is 3. The van der Waals surface area contributed by atoms with E-state index in [1.165, 1.54) is 0 Å². The summed E-state index contributed by atoms with van der Waals surface area (Å²) in [5.74, 6) is 1.67. The minimum atomic E-state index is 0. The molecule has 0 spiro atoms. The maximum atomic E-state index is 6.09. The Morgan fingerprint density at radius 2 is 2.03 bits per heavy atom. The van der Waals surface area contributed by atoms with Crippen molar-refractivity contribution in [3.8, 4) is 11.6 Å². The van der Waals surface area contributed by atoms with E-state index in [0.29, 0.717) is 46.4 Å². The zero-order valence-corrected chi connectivity index (χ0v) is 19.7. The predicted molar refractivity (Wildman–Crippen MR) is 126 cm³/mol. The molecule has 1 unspecified atom stereocenters. The summed E-state index contributed by atoms with van der Waals surface area (Å²) >= 11 is 12.1. The van der Waals surface area contributed by atoms with Gasteiger partial charge in [0.25, 0.3) is 5.89 Å². The van der Waals surface area contributed by atoms with Crippen LogP contribution in [0.5, 0.6) is 0 Å². The summed E-state index contributed by atoms with van der Waals surface area (Å²) < 4.78 is 5.26. The van der Waals surface area contributed by atoms with E-state index < -0.39 is 0 Å². The van der Waals surface area contributed by atoms with Crippen LogP contribution < -0.4 is 10.6 Å². The van der Waals surface area contributed by atoms with Crippen LogP contribution in [-0.4, -0.2) is 34.7 Å². The van der Waals surface area contributed by atoms with Gasteiger partial charge in [0.15, 0.2) is 11.8 Å². The van der Waals surface area contributed by atoms with Crippen LogP contribution in [0.2, 0.25) is 10.0 Å². The van der Waals surface area contributed by atoms with Gasteiger partial charge in [-0.05, 0) is 36.8 Å². The number of hydrogen-bond acceptors (Lipinski definition) is 5. The highest BCUT2D eigenvalue weighted by Crippen LogP contribution is 2.25. The highest BCUT2D eigenvalue weighted by molar-refractivity contribution is 14.0. The molecule has 10 heteroatoms. The minimum Gasteiger partial charge on any atom is -0.356 e. The van der Waals surface area contributed by atoms with Crippen molar-refractivity contribution in [3.05, 3.63) is 64.0 Å². The van der Waals surface area contributed by atoms with E-state index in [2.05, 4.69) is 30.8 Å². The van der Waals surface area contributed by atoms with E-state index in [9.17, 15) is 0 Å². The average Bonchev–Trinajstić information content (AvgIpc) is 3.18. The number of guanidine groups is 1. The Hall–Kier alpha value is -1.91. The molecule has 0 aliphatic heterocycles. The van der Waals surface area contributed by atoms with E-state index >= 15 is 0 Å². The summed E-state index contributed by atoms with van der Waals surface area (Å²) in [5.41, 5.74) is 1.66. The Balaban J connectivity index is 0.00000300. The molecule has 2 N–H and O–H groups in total. The molecule has 3 rings (SSSR count). The molecular formula is C19H21Cl2IN6O. The molecule has 3 aromatic rings. The summed E-state index contributed by atoms with van der Waals surface area (Å²) in [6.45, 7) is 2.61. The number of rotatable bonds is 6. The van der Waals surface area contributed by atoms with Gasteiger partial charge in [-0.15, -0.1) is 24.0 Å². The summed E-state index contributed by atoms with van der Waals surface area (Å²) in [7, 11) is 1.71. The first-order chi connectivity index (χ1) is 13.6. The fourth-order valence-corrected chi connectivity index (χ4v) is 2.81. The Labute approximate surface area is 196 Å². The van der Waals surface area contributed by atoms with Gasteiger partial charge in [0.2, 0.25) is 0 Å². The summed E-state index contributed by atoms with van der Waals surface area (Å²) in [4.78, 5) is 12.8. The van der Waals surface area contributed by atoms with Crippen molar-refractivity contribution in [3.63, 3.8) is 0 Å². The van der Waals surface area contributed by atoms with Gasteiger partial charge < -0.3 is 15.2 Å². The largest absolute Gasteiger partial charge is 0.356 e. The molecule has 1 aromatic carbocycles. The molecule has 7 nitrogen and oxygen atoms in total. The van der Waals surface area contributed by atoms with Crippen LogP contribution in [0.25, 0.3) is 11.6 Å². The van der Waals surface area contributed by atoms with Crippen LogP contribution >= 0.6 is 47.2 Å². The summed E-state index contributed by atoms with van der Waals surface area (Å²) in [6.07, 6.45) is 2.27. The number of pyridine rings is 1. The highest BCUT2D eigenvalue weighted by Gasteiger charge is 2.11. The van der Waals surface area contributed by atoms with Gasteiger partial charge in [0, 0.05) is 26.2 Å². The zero-order valence-electron chi connectivity index (χ0n) is 15.9. The first-order valence-electron chi connectivity index (χ1n) is 8.73. The number of benzene rings is 1. The highest BCUT2D eigenvalue weighted by atomic mass is 127. The average molecular weight is 547 g/mol. The van der Waals surface area contributed by atoms with Crippen LogP contribution in [0.4, 0.5) is 0 Å². The van der Waals surface area contributed by atoms with Gasteiger partial charge in [0.05, 0.1) is 16.1 Å². The van der Waals surface area contributed by atoms with E-state index in [1.807, 2.05) is 37.3 Å². The first kappa shape index (κ1) is 23.4.